The van der Waals surface area contributed by atoms with E-state index in [4.69, 9.17) is 34.8 Å². The van der Waals surface area contributed by atoms with Crippen molar-refractivity contribution in [1.29, 1.82) is 0 Å². The summed E-state index contributed by atoms with van der Waals surface area (Å²) >= 11 is 18.7. The van der Waals surface area contributed by atoms with E-state index in [1.807, 2.05) is 77.7 Å². The second-order valence-corrected chi connectivity index (χ2v) is 8.66. The molecule has 1 aliphatic rings. The monoisotopic (exact) mass is 470 g/mol. The van der Waals surface area contributed by atoms with Crippen molar-refractivity contribution >= 4 is 52.5 Å². The average molecular weight is 472 g/mol. The number of anilines is 1. The Hall–Kier alpha value is -2.46. The van der Waals surface area contributed by atoms with E-state index in [1.165, 1.54) is 0 Å². The lowest BCUT2D eigenvalue weighted by Gasteiger charge is -2.43. The molecule has 1 saturated heterocycles. The summed E-state index contributed by atoms with van der Waals surface area (Å²) in [5, 5.41) is 1.86. The molecule has 1 amide bonds. The molecule has 3 nitrogen and oxygen atoms in total. The second kappa shape index (κ2) is 9.78. The van der Waals surface area contributed by atoms with E-state index in [2.05, 4.69) is 4.90 Å². The molecule has 1 atom stereocenters. The van der Waals surface area contributed by atoms with Crippen molar-refractivity contribution in [3.63, 3.8) is 0 Å². The lowest BCUT2D eigenvalue weighted by molar-refractivity contribution is -0.126. The molecule has 3 aromatic carbocycles. The van der Waals surface area contributed by atoms with Crippen LogP contribution in [0.2, 0.25) is 15.1 Å². The quantitative estimate of drug-likeness (QED) is 0.393. The fourth-order valence-corrected chi connectivity index (χ4v) is 4.44. The van der Waals surface area contributed by atoms with Crippen molar-refractivity contribution in [3.8, 4) is 0 Å². The standard InChI is InChI=1S/C25H21Cl3N2O/c26-20-9-7-19(8-10-20)24-17-29(25(31)13-6-18-4-2-1-3-5-18)14-15-30(24)23-12-11-21(27)16-22(23)28/h1-13,16,24H,14-15,17H2. The Morgan fingerprint density at radius 2 is 1.58 bits per heavy atom. The van der Waals surface area contributed by atoms with Crippen LogP contribution in [0.15, 0.2) is 78.9 Å². The molecule has 1 fully saturated rings. The lowest BCUT2D eigenvalue weighted by atomic mass is 10.0. The lowest BCUT2D eigenvalue weighted by Crippen LogP contribution is -2.50. The van der Waals surface area contributed by atoms with Gasteiger partial charge in [-0.2, -0.15) is 0 Å². The number of carbonyl (C=O) groups excluding carboxylic acids is 1. The van der Waals surface area contributed by atoms with Crippen molar-refractivity contribution in [3.05, 3.63) is 105 Å². The number of amides is 1. The van der Waals surface area contributed by atoms with Gasteiger partial charge < -0.3 is 9.80 Å². The van der Waals surface area contributed by atoms with Crippen LogP contribution in [-0.2, 0) is 4.79 Å². The van der Waals surface area contributed by atoms with Gasteiger partial charge in [-0.05, 0) is 47.5 Å². The minimum absolute atomic E-state index is 0.00957. The summed E-state index contributed by atoms with van der Waals surface area (Å²) in [5.41, 5.74) is 2.97. The van der Waals surface area contributed by atoms with Crippen LogP contribution in [0.3, 0.4) is 0 Å². The summed E-state index contributed by atoms with van der Waals surface area (Å²) in [6.07, 6.45) is 3.49. The van der Waals surface area contributed by atoms with E-state index < -0.39 is 0 Å². The highest BCUT2D eigenvalue weighted by atomic mass is 35.5. The van der Waals surface area contributed by atoms with Gasteiger partial charge in [-0.1, -0.05) is 77.3 Å². The number of hydrogen-bond donors (Lipinski definition) is 0. The summed E-state index contributed by atoms with van der Waals surface area (Å²) < 4.78 is 0. The zero-order valence-electron chi connectivity index (χ0n) is 16.7. The maximum absolute atomic E-state index is 12.9. The molecular formula is C25H21Cl3N2O. The molecule has 4 rings (SSSR count). The normalized spacial score (nSPS) is 16.7. The smallest absolute Gasteiger partial charge is 0.246 e. The molecule has 0 radical (unpaired) electrons. The van der Waals surface area contributed by atoms with Crippen LogP contribution in [0.4, 0.5) is 5.69 Å². The van der Waals surface area contributed by atoms with E-state index >= 15 is 0 Å². The molecule has 0 bridgehead atoms. The minimum atomic E-state index is -0.0567. The molecule has 6 heteroatoms. The fourth-order valence-electron chi connectivity index (χ4n) is 3.79. The van der Waals surface area contributed by atoms with E-state index in [1.54, 1.807) is 12.1 Å². The van der Waals surface area contributed by atoms with Gasteiger partial charge in [0, 0.05) is 35.8 Å². The van der Waals surface area contributed by atoms with E-state index in [9.17, 15) is 4.79 Å². The molecule has 0 aromatic heterocycles. The molecule has 0 aliphatic carbocycles. The summed E-state index contributed by atoms with van der Waals surface area (Å²) in [5.74, 6) is -0.00957. The van der Waals surface area contributed by atoms with Gasteiger partial charge in [-0.25, -0.2) is 0 Å². The predicted molar refractivity (Wildman–Crippen MR) is 130 cm³/mol. The second-order valence-electron chi connectivity index (χ2n) is 7.38. The largest absolute Gasteiger partial charge is 0.360 e. The topological polar surface area (TPSA) is 23.6 Å². The molecule has 0 saturated carbocycles. The number of nitrogens with zero attached hydrogens (tertiary/aromatic N) is 2. The van der Waals surface area contributed by atoms with Crippen molar-refractivity contribution in [1.82, 2.24) is 4.90 Å². The Labute approximate surface area is 197 Å². The third-order valence-electron chi connectivity index (χ3n) is 5.38. The van der Waals surface area contributed by atoms with Crippen LogP contribution in [-0.4, -0.2) is 30.4 Å². The highest BCUT2D eigenvalue weighted by Gasteiger charge is 2.31. The van der Waals surface area contributed by atoms with Gasteiger partial charge in [-0.3, -0.25) is 4.79 Å². The summed E-state index contributed by atoms with van der Waals surface area (Å²) in [6.45, 7) is 1.79. The average Bonchev–Trinajstić information content (AvgIpc) is 2.78. The van der Waals surface area contributed by atoms with Gasteiger partial charge in [0.15, 0.2) is 0 Å². The minimum Gasteiger partial charge on any atom is -0.360 e. The van der Waals surface area contributed by atoms with Crippen molar-refractivity contribution in [2.75, 3.05) is 24.5 Å². The third kappa shape index (κ3) is 5.24. The number of benzene rings is 3. The molecule has 158 valence electrons. The van der Waals surface area contributed by atoms with E-state index in [-0.39, 0.29) is 11.9 Å². The van der Waals surface area contributed by atoms with Gasteiger partial charge >= 0.3 is 0 Å². The Morgan fingerprint density at radius 1 is 0.871 bits per heavy atom. The van der Waals surface area contributed by atoms with Crippen LogP contribution < -0.4 is 4.90 Å². The fraction of sp³-hybridized carbons (Fsp3) is 0.160. The van der Waals surface area contributed by atoms with Gasteiger partial charge in [0.05, 0.1) is 16.8 Å². The Kier molecular flexibility index (Phi) is 6.86. The first kappa shape index (κ1) is 21.8. The van der Waals surface area contributed by atoms with Crippen LogP contribution >= 0.6 is 34.8 Å². The summed E-state index contributed by atoms with van der Waals surface area (Å²) in [7, 11) is 0. The predicted octanol–water partition coefficient (Wildman–Crippen LogP) is 6.75. The molecule has 0 N–H and O–H groups in total. The third-order valence-corrected chi connectivity index (χ3v) is 6.17. The molecule has 1 heterocycles. The van der Waals surface area contributed by atoms with Gasteiger partial charge in [0.2, 0.25) is 5.91 Å². The van der Waals surface area contributed by atoms with Gasteiger partial charge in [0.25, 0.3) is 0 Å². The van der Waals surface area contributed by atoms with Crippen LogP contribution in [0.5, 0.6) is 0 Å². The number of piperazine rings is 1. The molecule has 31 heavy (non-hydrogen) atoms. The molecular weight excluding hydrogens is 451 g/mol. The van der Waals surface area contributed by atoms with Crippen molar-refractivity contribution < 1.29 is 4.79 Å². The first-order chi connectivity index (χ1) is 15.0. The zero-order chi connectivity index (χ0) is 21.8. The molecule has 0 spiro atoms. The molecule has 1 aliphatic heterocycles. The molecule has 1 unspecified atom stereocenters. The number of rotatable bonds is 4. The van der Waals surface area contributed by atoms with Crippen molar-refractivity contribution in [2.45, 2.75) is 6.04 Å². The highest BCUT2D eigenvalue weighted by molar-refractivity contribution is 6.36. The van der Waals surface area contributed by atoms with Crippen molar-refractivity contribution in [2.24, 2.45) is 0 Å². The first-order valence-corrected chi connectivity index (χ1v) is 11.1. The summed E-state index contributed by atoms with van der Waals surface area (Å²) in [6, 6.07) is 23.0. The zero-order valence-corrected chi connectivity index (χ0v) is 19.0. The number of hydrogen-bond acceptors (Lipinski definition) is 2. The Morgan fingerprint density at radius 3 is 2.29 bits per heavy atom. The van der Waals surface area contributed by atoms with E-state index in [0.717, 1.165) is 16.8 Å². The Bertz CT molecular complexity index is 1080. The highest BCUT2D eigenvalue weighted by Crippen LogP contribution is 2.36. The van der Waals surface area contributed by atoms with Crippen LogP contribution in [0.25, 0.3) is 6.08 Å². The number of halogens is 3. The molecule has 3 aromatic rings. The number of carbonyl (C=O) groups is 1. The maximum Gasteiger partial charge on any atom is 0.246 e. The Balaban J connectivity index is 1.60. The van der Waals surface area contributed by atoms with E-state index in [0.29, 0.717) is 34.7 Å². The van der Waals surface area contributed by atoms with Gasteiger partial charge in [-0.15, -0.1) is 0 Å². The maximum atomic E-state index is 12.9. The summed E-state index contributed by atoms with van der Waals surface area (Å²) in [4.78, 5) is 17.0. The first-order valence-electron chi connectivity index (χ1n) is 10.0. The SMILES string of the molecule is O=C(C=Cc1ccccc1)N1CCN(c2ccc(Cl)cc2Cl)C(c2ccc(Cl)cc2)C1. The van der Waals surface area contributed by atoms with Crippen LogP contribution in [0.1, 0.15) is 17.2 Å². The van der Waals surface area contributed by atoms with Crippen LogP contribution in [0, 0.1) is 0 Å². The van der Waals surface area contributed by atoms with Gasteiger partial charge in [0.1, 0.15) is 0 Å².